The van der Waals surface area contributed by atoms with Crippen LogP contribution in [-0.4, -0.2) is 63.5 Å². The maximum absolute atomic E-state index is 14.5. The standard InChI is InChI=1S/C25H22ClFN8O2/c1-36-21-13-28-23(16-10-14(26)2-4-17(16)27)33-24(21)32-20-12-29-34-22(20)25-30-18-5-3-15(11-19(18)31-25)35-6-8-37-9-7-35/h2-5,10-13H,6-9H2,1H3,(H,29,34)(H,30,31)(H,28,32,33). The maximum atomic E-state index is 14.5. The number of nitrogens with zero attached hydrogens (tertiary/aromatic N) is 5. The quantitative estimate of drug-likeness (QED) is 0.292. The van der Waals surface area contributed by atoms with Crippen LogP contribution in [0, 0.1) is 5.82 Å². The fourth-order valence-electron chi connectivity index (χ4n) is 4.23. The van der Waals surface area contributed by atoms with Gasteiger partial charge >= 0.3 is 0 Å². The number of H-pyrrole nitrogens is 2. The number of nitrogens with one attached hydrogen (secondary N) is 3. The molecule has 0 atom stereocenters. The van der Waals surface area contributed by atoms with E-state index >= 15 is 0 Å². The lowest BCUT2D eigenvalue weighted by Crippen LogP contribution is -2.36. The van der Waals surface area contributed by atoms with Gasteiger partial charge in [-0.1, -0.05) is 11.6 Å². The average molecular weight is 521 g/mol. The Balaban J connectivity index is 1.33. The Morgan fingerprint density at radius 2 is 2.00 bits per heavy atom. The Kier molecular flexibility index (Phi) is 6.07. The van der Waals surface area contributed by atoms with Gasteiger partial charge in [0.1, 0.15) is 5.82 Å². The molecule has 37 heavy (non-hydrogen) atoms. The van der Waals surface area contributed by atoms with E-state index in [1.165, 1.54) is 31.5 Å². The van der Waals surface area contributed by atoms with Gasteiger partial charge in [-0.25, -0.2) is 19.3 Å². The fourth-order valence-corrected chi connectivity index (χ4v) is 4.40. The molecule has 10 nitrogen and oxygen atoms in total. The number of anilines is 3. The Bertz CT molecular complexity index is 1580. The van der Waals surface area contributed by atoms with Crippen molar-refractivity contribution in [3.63, 3.8) is 0 Å². The summed E-state index contributed by atoms with van der Waals surface area (Å²) in [7, 11) is 1.51. The summed E-state index contributed by atoms with van der Waals surface area (Å²) in [6.07, 6.45) is 3.15. The van der Waals surface area contributed by atoms with Gasteiger partial charge in [0, 0.05) is 30.0 Å². The van der Waals surface area contributed by atoms with Gasteiger partial charge in [-0.2, -0.15) is 5.10 Å². The topological polar surface area (TPSA) is 117 Å². The number of aromatic nitrogens is 6. The molecule has 1 aliphatic rings. The summed E-state index contributed by atoms with van der Waals surface area (Å²) in [6.45, 7) is 3.12. The molecule has 0 unspecified atom stereocenters. The van der Waals surface area contributed by atoms with E-state index < -0.39 is 5.82 Å². The number of imidazole rings is 1. The first-order chi connectivity index (χ1) is 18.1. The third-order valence-electron chi connectivity index (χ3n) is 6.11. The van der Waals surface area contributed by atoms with Crippen LogP contribution in [0.4, 0.5) is 21.6 Å². The number of ether oxygens (including phenoxy) is 2. The largest absolute Gasteiger partial charge is 0.491 e. The summed E-state index contributed by atoms with van der Waals surface area (Å²) in [5.74, 6) is 0.960. The second-order valence-corrected chi connectivity index (χ2v) is 8.83. The highest BCUT2D eigenvalue weighted by atomic mass is 35.5. The summed E-state index contributed by atoms with van der Waals surface area (Å²) in [4.78, 5) is 19.1. The molecule has 4 heterocycles. The number of aromatic amines is 2. The zero-order chi connectivity index (χ0) is 25.4. The first kappa shape index (κ1) is 23.2. The highest BCUT2D eigenvalue weighted by Gasteiger charge is 2.19. The van der Waals surface area contributed by atoms with Crippen molar-refractivity contribution < 1.29 is 13.9 Å². The number of fused-ring (bicyclic) bond motifs is 1. The van der Waals surface area contributed by atoms with Crippen molar-refractivity contribution in [1.82, 2.24) is 30.1 Å². The molecule has 0 bridgehead atoms. The second-order valence-electron chi connectivity index (χ2n) is 8.39. The zero-order valence-corrected chi connectivity index (χ0v) is 20.5. The first-order valence-electron chi connectivity index (χ1n) is 11.6. The van der Waals surface area contributed by atoms with Gasteiger partial charge in [0.2, 0.25) is 0 Å². The zero-order valence-electron chi connectivity index (χ0n) is 19.8. The van der Waals surface area contributed by atoms with E-state index in [-0.39, 0.29) is 11.4 Å². The first-order valence-corrected chi connectivity index (χ1v) is 12.0. The molecule has 2 aromatic carbocycles. The van der Waals surface area contributed by atoms with Crippen LogP contribution < -0.4 is 15.0 Å². The van der Waals surface area contributed by atoms with Crippen LogP contribution in [0.2, 0.25) is 5.02 Å². The lowest BCUT2D eigenvalue weighted by atomic mass is 10.2. The highest BCUT2D eigenvalue weighted by Crippen LogP contribution is 2.33. The number of methoxy groups -OCH3 is 1. The molecule has 0 amide bonds. The molecule has 5 aromatic rings. The molecule has 0 spiro atoms. The Morgan fingerprint density at radius 3 is 2.84 bits per heavy atom. The minimum Gasteiger partial charge on any atom is -0.491 e. The van der Waals surface area contributed by atoms with E-state index in [9.17, 15) is 4.39 Å². The summed E-state index contributed by atoms with van der Waals surface area (Å²) < 4.78 is 25.3. The molecular formula is C25H22ClFN8O2. The number of benzene rings is 2. The third kappa shape index (κ3) is 4.54. The van der Waals surface area contributed by atoms with Gasteiger partial charge < -0.3 is 24.7 Å². The lowest BCUT2D eigenvalue weighted by molar-refractivity contribution is 0.122. The van der Waals surface area contributed by atoms with Crippen molar-refractivity contribution >= 4 is 39.8 Å². The van der Waals surface area contributed by atoms with Crippen LogP contribution in [-0.2, 0) is 4.74 Å². The van der Waals surface area contributed by atoms with Crippen LogP contribution >= 0.6 is 11.6 Å². The average Bonchev–Trinajstić information content (AvgIpc) is 3.56. The van der Waals surface area contributed by atoms with E-state index in [0.717, 1.165) is 29.8 Å². The van der Waals surface area contributed by atoms with E-state index in [2.05, 4.69) is 47.5 Å². The molecule has 0 radical (unpaired) electrons. The van der Waals surface area contributed by atoms with E-state index in [4.69, 9.17) is 26.1 Å². The fraction of sp³-hybridized carbons (Fsp3) is 0.200. The molecule has 3 aromatic heterocycles. The molecular weight excluding hydrogens is 499 g/mol. The molecule has 0 aliphatic carbocycles. The van der Waals surface area contributed by atoms with Gasteiger partial charge in [0.25, 0.3) is 0 Å². The number of hydrogen-bond acceptors (Lipinski definition) is 8. The molecule has 188 valence electrons. The normalized spacial score (nSPS) is 13.8. The van der Waals surface area contributed by atoms with Crippen LogP contribution in [0.15, 0.2) is 48.8 Å². The molecule has 3 N–H and O–H groups in total. The molecule has 1 saturated heterocycles. The number of morpholine rings is 1. The van der Waals surface area contributed by atoms with E-state index in [1.807, 2.05) is 6.07 Å². The molecule has 1 aliphatic heterocycles. The lowest BCUT2D eigenvalue weighted by Gasteiger charge is -2.28. The van der Waals surface area contributed by atoms with Crippen LogP contribution in [0.3, 0.4) is 0 Å². The van der Waals surface area contributed by atoms with Crippen LogP contribution in [0.1, 0.15) is 0 Å². The van der Waals surface area contributed by atoms with Crippen LogP contribution in [0.5, 0.6) is 5.75 Å². The summed E-state index contributed by atoms with van der Waals surface area (Å²) in [6, 6.07) is 10.4. The summed E-state index contributed by atoms with van der Waals surface area (Å²) in [5, 5.41) is 10.8. The van der Waals surface area contributed by atoms with E-state index in [1.54, 1.807) is 6.20 Å². The van der Waals surface area contributed by atoms with Gasteiger partial charge in [-0.3, -0.25) is 5.10 Å². The van der Waals surface area contributed by atoms with Crippen molar-refractivity contribution in [2.75, 3.05) is 43.6 Å². The molecule has 0 saturated carbocycles. The minimum absolute atomic E-state index is 0.160. The monoisotopic (exact) mass is 520 g/mol. The van der Waals surface area contributed by atoms with Gasteiger partial charge in [0.15, 0.2) is 28.9 Å². The second kappa shape index (κ2) is 9.68. The number of hydrogen-bond donors (Lipinski definition) is 3. The van der Waals surface area contributed by atoms with Gasteiger partial charge in [-0.15, -0.1) is 0 Å². The molecule has 1 fully saturated rings. The maximum Gasteiger partial charge on any atom is 0.179 e. The highest BCUT2D eigenvalue weighted by molar-refractivity contribution is 6.30. The summed E-state index contributed by atoms with van der Waals surface area (Å²) >= 11 is 6.06. The van der Waals surface area contributed by atoms with Crippen molar-refractivity contribution in [3.8, 4) is 28.7 Å². The number of rotatable bonds is 6. The van der Waals surface area contributed by atoms with E-state index in [0.29, 0.717) is 47.0 Å². The molecule has 12 heteroatoms. The smallest absolute Gasteiger partial charge is 0.179 e. The van der Waals surface area contributed by atoms with Gasteiger partial charge in [0.05, 0.1) is 48.8 Å². The van der Waals surface area contributed by atoms with Crippen molar-refractivity contribution in [2.24, 2.45) is 0 Å². The van der Waals surface area contributed by atoms with Crippen molar-refractivity contribution in [1.29, 1.82) is 0 Å². The Morgan fingerprint density at radius 1 is 1.14 bits per heavy atom. The van der Waals surface area contributed by atoms with Gasteiger partial charge in [-0.05, 0) is 36.4 Å². The Hall–Kier alpha value is -4.22. The SMILES string of the molecule is COc1cnc(-c2cc(Cl)ccc2F)nc1Nc1c[nH]nc1-c1nc2cc(N3CCOCC3)ccc2[nH]1. The predicted octanol–water partition coefficient (Wildman–Crippen LogP) is 4.79. The van der Waals surface area contributed by atoms with Crippen LogP contribution in [0.25, 0.3) is 33.9 Å². The predicted molar refractivity (Wildman–Crippen MR) is 139 cm³/mol. The summed E-state index contributed by atoms with van der Waals surface area (Å²) in [5.41, 5.74) is 4.15. The minimum atomic E-state index is -0.483. The number of halogens is 2. The van der Waals surface area contributed by atoms with Crippen molar-refractivity contribution in [3.05, 3.63) is 59.6 Å². The Labute approximate surface area is 215 Å². The third-order valence-corrected chi connectivity index (χ3v) is 6.34. The van der Waals surface area contributed by atoms with Crippen molar-refractivity contribution in [2.45, 2.75) is 0 Å². The molecule has 6 rings (SSSR count).